The van der Waals surface area contributed by atoms with E-state index in [1.54, 1.807) is 35.8 Å². The van der Waals surface area contributed by atoms with Crippen LogP contribution in [-0.4, -0.2) is 54.9 Å². The molecule has 0 unspecified atom stereocenters. The summed E-state index contributed by atoms with van der Waals surface area (Å²) >= 11 is 1.04. The van der Waals surface area contributed by atoms with E-state index in [2.05, 4.69) is 21.4 Å². The van der Waals surface area contributed by atoms with E-state index in [-0.39, 0.29) is 40.7 Å². The second kappa shape index (κ2) is 11.7. The fraction of sp³-hybridized carbons (Fsp3) is 0.280. The van der Waals surface area contributed by atoms with Gasteiger partial charge in [-0.2, -0.15) is 5.26 Å². The van der Waals surface area contributed by atoms with Gasteiger partial charge in [-0.15, -0.1) is 11.3 Å². The molecule has 0 radical (unpaired) electrons. The first-order valence-corrected chi connectivity index (χ1v) is 14.3. The number of nitriles is 1. The number of para-hydroxylation sites is 1. The molecule has 204 valence electrons. The zero-order chi connectivity index (χ0) is 28.2. The predicted octanol–water partition coefficient (Wildman–Crippen LogP) is 3.77. The highest BCUT2D eigenvalue weighted by atomic mass is 32.2. The number of rotatable bonds is 11. The number of aromatic nitrogens is 3. The van der Waals surface area contributed by atoms with Gasteiger partial charge in [-0.05, 0) is 26.0 Å². The summed E-state index contributed by atoms with van der Waals surface area (Å²) in [6, 6.07) is 9.96. The molecule has 4 aromatic rings. The normalized spacial score (nSPS) is 11.3. The highest BCUT2D eigenvalue weighted by molar-refractivity contribution is 7.90. The molecule has 14 heteroatoms. The highest BCUT2D eigenvalue weighted by Gasteiger charge is 2.23. The van der Waals surface area contributed by atoms with Crippen molar-refractivity contribution < 1.29 is 27.1 Å². The Labute approximate surface area is 228 Å². The minimum Gasteiger partial charge on any atom is -0.493 e. The van der Waals surface area contributed by atoms with Crippen LogP contribution in [0.5, 0.6) is 11.5 Å². The van der Waals surface area contributed by atoms with E-state index in [9.17, 15) is 22.9 Å². The first-order valence-electron chi connectivity index (χ1n) is 11.8. The van der Waals surface area contributed by atoms with E-state index in [1.165, 1.54) is 26.4 Å². The lowest BCUT2D eigenvalue weighted by atomic mass is 10.2. The molecule has 0 bridgehead atoms. The van der Waals surface area contributed by atoms with Crippen LogP contribution in [0.15, 0.2) is 36.7 Å². The van der Waals surface area contributed by atoms with Crippen molar-refractivity contribution in [1.82, 2.24) is 19.3 Å². The number of ether oxygens (including phenoxy) is 2. The number of anilines is 1. The van der Waals surface area contributed by atoms with Crippen LogP contribution in [0.4, 0.5) is 10.2 Å². The summed E-state index contributed by atoms with van der Waals surface area (Å²) in [5.41, 5.74) is 0.961. The lowest BCUT2D eigenvalue weighted by Crippen LogP contribution is -2.31. The smallest absolute Gasteiger partial charge is 0.278 e. The Hall–Kier alpha value is -4.22. The van der Waals surface area contributed by atoms with Gasteiger partial charge in [0.15, 0.2) is 11.4 Å². The summed E-state index contributed by atoms with van der Waals surface area (Å²) in [7, 11) is -2.32. The average Bonchev–Trinajstić information content (AvgIpc) is 3.48. The molecule has 0 saturated carbocycles. The number of nitrogens with zero attached hydrogens (tertiary/aromatic N) is 4. The van der Waals surface area contributed by atoms with Crippen LogP contribution in [0, 0.1) is 17.1 Å². The van der Waals surface area contributed by atoms with Crippen molar-refractivity contribution in [3.63, 3.8) is 0 Å². The number of nitrogens with one attached hydrogen (secondary N) is 2. The lowest BCUT2D eigenvalue weighted by Gasteiger charge is -2.10. The van der Waals surface area contributed by atoms with Crippen LogP contribution >= 0.6 is 11.3 Å². The fourth-order valence-electron chi connectivity index (χ4n) is 3.94. The minimum atomic E-state index is -3.75. The topological polar surface area (TPSA) is 148 Å². The molecule has 0 aliphatic carbocycles. The van der Waals surface area contributed by atoms with Gasteiger partial charge < -0.3 is 19.4 Å². The van der Waals surface area contributed by atoms with E-state index in [0.717, 1.165) is 11.3 Å². The van der Waals surface area contributed by atoms with E-state index in [1.807, 2.05) is 4.72 Å². The van der Waals surface area contributed by atoms with Crippen molar-refractivity contribution in [2.45, 2.75) is 20.4 Å². The summed E-state index contributed by atoms with van der Waals surface area (Å²) in [5, 5.41) is 13.3. The van der Waals surface area contributed by atoms with Crippen molar-refractivity contribution in [3.05, 3.63) is 53.0 Å². The number of fused-ring (bicyclic) bond motifs is 1. The second-order valence-corrected chi connectivity index (χ2v) is 11.1. The van der Waals surface area contributed by atoms with Gasteiger partial charge in [0.05, 0.1) is 35.6 Å². The largest absolute Gasteiger partial charge is 0.493 e. The quantitative estimate of drug-likeness (QED) is 0.274. The van der Waals surface area contributed by atoms with E-state index >= 15 is 0 Å². The zero-order valence-electron chi connectivity index (χ0n) is 21.3. The van der Waals surface area contributed by atoms with Crippen LogP contribution < -0.4 is 19.5 Å². The van der Waals surface area contributed by atoms with Gasteiger partial charge in [0, 0.05) is 30.6 Å². The molecule has 3 heterocycles. The monoisotopic (exact) mass is 572 g/mol. The number of hydrogen-bond acceptors (Lipinski definition) is 10. The first kappa shape index (κ1) is 27.8. The van der Waals surface area contributed by atoms with Gasteiger partial charge >= 0.3 is 0 Å². The highest BCUT2D eigenvalue weighted by Crippen LogP contribution is 2.36. The molecule has 4 rings (SSSR count). The van der Waals surface area contributed by atoms with Crippen molar-refractivity contribution >= 4 is 44.0 Å². The summed E-state index contributed by atoms with van der Waals surface area (Å²) < 4.78 is 52.9. The second-order valence-electron chi connectivity index (χ2n) is 8.07. The van der Waals surface area contributed by atoms with Gasteiger partial charge in [0.25, 0.3) is 5.91 Å². The number of thiophene rings is 1. The van der Waals surface area contributed by atoms with Crippen molar-refractivity contribution in [2.24, 2.45) is 0 Å². The summed E-state index contributed by atoms with van der Waals surface area (Å²) in [4.78, 5) is 21.8. The van der Waals surface area contributed by atoms with Gasteiger partial charge in [-0.1, -0.05) is 6.07 Å². The molecule has 0 spiro atoms. The molecule has 11 nitrogen and oxygen atoms in total. The standard InChI is InChI=1S/C25H25FN6O5S2/c1-4-37-19-12-20(38-24(19)25(33)31-39(34,35)5-2)17-11-21(30-14-29-17)28-9-10-32-18(13-27)23(36-3)15-7-6-8-16(26)22(15)32/h6-8,11-12,14H,4-5,9-10H2,1-3H3,(H,31,33)(H,28,29,30). The number of carbonyl (C=O) groups is 1. The minimum absolute atomic E-state index is 0.108. The number of sulfonamides is 1. The number of hydrogen-bond donors (Lipinski definition) is 2. The Morgan fingerprint density at radius 2 is 2.05 bits per heavy atom. The van der Waals surface area contributed by atoms with Gasteiger partial charge in [-0.25, -0.2) is 27.5 Å². The molecule has 1 amide bonds. The molecule has 0 aliphatic heterocycles. The number of carbonyl (C=O) groups excluding carboxylic acids is 1. The van der Waals surface area contributed by atoms with Gasteiger partial charge in [-0.3, -0.25) is 4.79 Å². The van der Waals surface area contributed by atoms with E-state index < -0.39 is 21.7 Å². The molecule has 0 atom stereocenters. The lowest BCUT2D eigenvalue weighted by molar-refractivity contribution is 0.0982. The Morgan fingerprint density at radius 3 is 2.74 bits per heavy atom. The number of amides is 1. The van der Waals surface area contributed by atoms with Crippen LogP contribution in [0.3, 0.4) is 0 Å². The molecule has 0 aliphatic rings. The molecule has 0 saturated heterocycles. The van der Waals surface area contributed by atoms with Crippen LogP contribution in [-0.2, 0) is 16.6 Å². The van der Waals surface area contributed by atoms with Gasteiger partial charge in [0.2, 0.25) is 10.0 Å². The Balaban J connectivity index is 1.56. The molecule has 2 N–H and O–H groups in total. The molecule has 1 aromatic carbocycles. The third-order valence-electron chi connectivity index (χ3n) is 5.69. The zero-order valence-corrected chi connectivity index (χ0v) is 23.0. The maximum atomic E-state index is 14.7. The molecule has 0 fully saturated rings. The maximum absolute atomic E-state index is 14.7. The Morgan fingerprint density at radius 1 is 1.26 bits per heavy atom. The summed E-state index contributed by atoms with van der Waals surface area (Å²) in [6.45, 7) is 4.00. The molecular formula is C25H25FN6O5S2. The number of halogens is 1. The van der Waals surface area contributed by atoms with Crippen LogP contribution in [0.2, 0.25) is 0 Å². The van der Waals surface area contributed by atoms with Crippen LogP contribution in [0.25, 0.3) is 21.5 Å². The third-order valence-corrected chi connectivity index (χ3v) is 8.08. The average molecular weight is 573 g/mol. The first-order chi connectivity index (χ1) is 18.7. The Kier molecular flexibility index (Phi) is 8.32. The fourth-order valence-corrected chi connectivity index (χ4v) is 5.50. The van der Waals surface area contributed by atoms with Crippen molar-refractivity contribution in [3.8, 4) is 28.1 Å². The maximum Gasteiger partial charge on any atom is 0.278 e. The van der Waals surface area contributed by atoms with Crippen LogP contribution in [0.1, 0.15) is 29.2 Å². The number of benzene rings is 1. The predicted molar refractivity (Wildman–Crippen MR) is 145 cm³/mol. The Bertz CT molecular complexity index is 1680. The third kappa shape index (κ3) is 5.79. The molecule has 3 aromatic heterocycles. The molecule has 39 heavy (non-hydrogen) atoms. The van der Waals surface area contributed by atoms with Crippen molar-refractivity contribution in [2.75, 3.05) is 31.3 Å². The number of methoxy groups -OCH3 is 1. The summed E-state index contributed by atoms with van der Waals surface area (Å²) in [5.74, 6) is -0.478. The molecular weight excluding hydrogens is 547 g/mol. The SMILES string of the molecule is CCOc1cc(-c2cc(NCCn3c(C#N)c(OC)c4cccc(F)c43)ncn2)sc1C(=O)NS(=O)(=O)CC. The summed E-state index contributed by atoms with van der Waals surface area (Å²) in [6.07, 6.45) is 1.34. The van der Waals surface area contributed by atoms with Gasteiger partial charge in [0.1, 0.15) is 34.7 Å². The van der Waals surface area contributed by atoms with E-state index in [4.69, 9.17) is 9.47 Å². The van der Waals surface area contributed by atoms with E-state index in [0.29, 0.717) is 34.1 Å². The van der Waals surface area contributed by atoms with Crippen molar-refractivity contribution in [1.29, 1.82) is 5.26 Å².